The summed E-state index contributed by atoms with van der Waals surface area (Å²) in [4.78, 5) is 0. The maximum absolute atomic E-state index is 4.83. The molecule has 0 N–H and O–H groups in total. The van der Waals surface area contributed by atoms with Gasteiger partial charge in [0.15, 0.2) is 5.53 Å². The molecule has 0 rings (SSSR count). The van der Waals surface area contributed by atoms with Crippen LogP contribution in [0, 0.1) is 0 Å². The molecule has 7 heavy (non-hydrogen) atoms. The highest BCUT2D eigenvalue weighted by Gasteiger charge is 2.12. The summed E-state index contributed by atoms with van der Waals surface area (Å²) in [5.41, 5.74) is -0.500. The summed E-state index contributed by atoms with van der Waals surface area (Å²) in [6, 6.07) is 0. The summed E-state index contributed by atoms with van der Waals surface area (Å²) in [7, 11) is 5.61. The van der Waals surface area contributed by atoms with E-state index in [0.717, 1.165) is 0 Å². The fraction of sp³-hybridized carbons (Fsp3) is 1.00. The minimum atomic E-state index is -0.500. The first-order valence-electron chi connectivity index (χ1n) is 2.01. The molecule has 0 aliphatic rings. The summed E-state index contributed by atoms with van der Waals surface area (Å²) in [6.45, 7) is 1.82. The molecular formula is C4H11O2P. The third-order valence-corrected chi connectivity index (χ3v) is 1.28. The normalized spacial score (nSPS) is 12.0. The second-order valence-corrected chi connectivity index (χ2v) is 2.47. The van der Waals surface area contributed by atoms with Crippen molar-refractivity contribution in [2.45, 2.75) is 12.5 Å². The molecule has 0 spiro atoms. The molecule has 0 radical (unpaired) electrons. The number of ether oxygens (including phenoxy) is 2. The Bertz CT molecular complexity index is 47.7. The van der Waals surface area contributed by atoms with Gasteiger partial charge in [-0.1, -0.05) is 9.24 Å². The Balaban J connectivity index is 3.36. The van der Waals surface area contributed by atoms with Crippen LogP contribution in [0.3, 0.4) is 0 Å². The molecule has 0 aliphatic carbocycles. The van der Waals surface area contributed by atoms with Crippen molar-refractivity contribution in [3.8, 4) is 0 Å². The van der Waals surface area contributed by atoms with Crippen LogP contribution in [-0.2, 0) is 9.47 Å². The molecule has 0 bridgehead atoms. The van der Waals surface area contributed by atoms with Gasteiger partial charge in [-0.15, -0.1) is 0 Å². The molecule has 0 aliphatic heterocycles. The fourth-order valence-corrected chi connectivity index (χ4v) is 0.0833. The van der Waals surface area contributed by atoms with Crippen LogP contribution in [0.15, 0.2) is 0 Å². The fourth-order valence-electron chi connectivity index (χ4n) is 0.0833. The third-order valence-electron chi connectivity index (χ3n) is 0.811. The topological polar surface area (TPSA) is 18.5 Å². The molecule has 0 amide bonds. The zero-order valence-electron chi connectivity index (χ0n) is 4.89. The lowest BCUT2D eigenvalue weighted by Gasteiger charge is -2.19. The number of methoxy groups -OCH3 is 2. The maximum atomic E-state index is 4.83. The average Bonchev–Trinajstić information content (AvgIpc) is 1.68. The van der Waals surface area contributed by atoms with Gasteiger partial charge >= 0.3 is 0 Å². The smallest absolute Gasteiger partial charge is 0.177 e. The molecule has 0 saturated carbocycles. The van der Waals surface area contributed by atoms with E-state index in [1.165, 1.54) is 0 Å². The van der Waals surface area contributed by atoms with Crippen LogP contribution >= 0.6 is 9.24 Å². The lowest BCUT2D eigenvalue weighted by molar-refractivity contribution is -0.120. The van der Waals surface area contributed by atoms with Crippen molar-refractivity contribution in [2.75, 3.05) is 14.2 Å². The molecule has 1 unspecified atom stereocenters. The molecular weight excluding hydrogens is 111 g/mol. The van der Waals surface area contributed by atoms with Crippen LogP contribution in [0.4, 0.5) is 0 Å². The lowest BCUT2D eigenvalue weighted by atomic mass is 10.7. The summed E-state index contributed by atoms with van der Waals surface area (Å²) >= 11 is 0. The molecule has 44 valence electrons. The number of hydrogen-bond acceptors (Lipinski definition) is 2. The standard InChI is InChI=1S/C4H11O2P/c1-4(7,5-2)6-3/h7H2,1-3H3. The van der Waals surface area contributed by atoms with Gasteiger partial charge in [-0.05, 0) is 6.92 Å². The van der Waals surface area contributed by atoms with E-state index in [-0.39, 0.29) is 0 Å². The van der Waals surface area contributed by atoms with E-state index in [0.29, 0.717) is 0 Å². The molecule has 0 saturated heterocycles. The van der Waals surface area contributed by atoms with Crippen molar-refractivity contribution in [1.29, 1.82) is 0 Å². The van der Waals surface area contributed by atoms with Crippen LogP contribution in [-0.4, -0.2) is 19.7 Å². The lowest BCUT2D eigenvalue weighted by Crippen LogP contribution is -2.19. The van der Waals surface area contributed by atoms with Gasteiger partial charge in [-0.3, -0.25) is 0 Å². The minimum absolute atomic E-state index is 0.500. The van der Waals surface area contributed by atoms with E-state index in [9.17, 15) is 0 Å². The first-order chi connectivity index (χ1) is 3.12. The molecule has 1 atom stereocenters. The highest BCUT2D eigenvalue weighted by atomic mass is 31.0. The Morgan fingerprint density at radius 1 is 1.29 bits per heavy atom. The predicted molar refractivity (Wildman–Crippen MR) is 32.1 cm³/mol. The largest absolute Gasteiger partial charge is 0.350 e. The van der Waals surface area contributed by atoms with Crippen molar-refractivity contribution < 1.29 is 9.47 Å². The predicted octanol–water partition coefficient (Wildman–Crippen LogP) is 0.828. The van der Waals surface area contributed by atoms with Gasteiger partial charge in [-0.25, -0.2) is 0 Å². The van der Waals surface area contributed by atoms with Crippen LogP contribution in [0.25, 0.3) is 0 Å². The van der Waals surface area contributed by atoms with Crippen molar-refractivity contribution in [3.05, 3.63) is 0 Å². The Hall–Kier alpha value is 0.350. The van der Waals surface area contributed by atoms with Gasteiger partial charge in [-0.2, -0.15) is 0 Å². The van der Waals surface area contributed by atoms with Crippen LogP contribution in [0.2, 0.25) is 0 Å². The van der Waals surface area contributed by atoms with Crippen LogP contribution in [0.5, 0.6) is 0 Å². The Labute approximate surface area is 46.4 Å². The SMILES string of the molecule is COC(C)(P)OC. The second-order valence-electron chi connectivity index (χ2n) is 1.42. The van der Waals surface area contributed by atoms with Crippen molar-refractivity contribution >= 4 is 9.24 Å². The molecule has 0 heterocycles. The average molecular weight is 122 g/mol. The van der Waals surface area contributed by atoms with Crippen molar-refractivity contribution in [2.24, 2.45) is 0 Å². The molecule has 0 aromatic heterocycles. The van der Waals surface area contributed by atoms with Gasteiger partial charge in [0, 0.05) is 14.2 Å². The Kier molecular flexibility index (Phi) is 2.74. The maximum Gasteiger partial charge on any atom is 0.177 e. The Morgan fingerprint density at radius 2 is 1.57 bits per heavy atom. The second kappa shape index (κ2) is 2.61. The minimum Gasteiger partial charge on any atom is -0.350 e. The molecule has 2 nitrogen and oxygen atoms in total. The third kappa shape index (κ3) is 2.98. The van der Waals surface area contributed by atoms with Crippen LogP contribution in [0.1, 0.15) is 6.92 Å². The van der Waals surface area contributed by atoms with E-state index < -0.39 is 5.53 Å². The van der Waals surface area contributed by atoms with Crippen LogP contribution < -0.4 is 0 Å². The van der Waals surface area contributed by atoms with E-state index in [1.54, 1.807) is 14.2 Å². The van der Waals surface area contributed by atoms with E-state index >= 15 is 0 Å². The monoisotopic (exact) mass is 122 g/mol. The summed E-state index contributed by atoms with van der Waals surface area (Å²) in [5.74, 6) is 0. The Morgan fingerprint density at radius 3 is 1.57 bits per heavy atom. The summed E-state index contributed by atoms with van der Waals surface area (Å²) < 4.78 is 9.66. The molecule has 3 heteroatoms. The van der Waals surface area contributed by atoms with Gasteiger partial charge in [0.1, 0.15) is 0 Å². The van der Waals surface area contributed by atoms with E-state index in [4.69, 9.17) is 9.47 Å². The highest BCUT2D eigenvalue weighted by molar-refractivity contribution is 7.18. The first-order valence-corrected chi connectivity index (χ1v) is 2.59. The first kappa shape index (κ1) is 7.35. The summed E-state index contributed by atoms with van der Waals surface area (Å²) in [5, 5.41) is 0. The van der Waals surface area contributed by atoms with Crippen molar-refractivity contribution in [3.63, 3.8) is 0 Å². The highest BCUT2D eigenvalue weighted by Crippen LogP contribution is 2.17. The number of rotatable bonds is 2. The van der Waals surface area contributed by atoms with Gasteiger partial charge in [0.25, 0.3) is 0 Å². The molecule has 0 aromatic rings. The zero-order valence-corrected chi connectivity index (χ0v) is 6.05. The van der Waals surface area contributed by atoms with E-state index in [2.05, 4.69) is 9.24 Å². The zero-order chi connectivity index (χ0) is 5.91. The van der Waals surface area contributed by atoms with Crippen molar-refractivity contribution in [1.82, 2.24) is 0 Å². The molecule has 0 aromatic carbocycles. The molecule has 0 fully saturated rings. The van der Waals surface area contributed by atoms with E-state index in [1.807, 2.05) is 6.92 Å². The summed E-state index contributed by atoms with van der Waals surface area (Å²) in [6.07, 6.45) is 0. The van der Waals surface area contributed by atoms with Gasteiger partial charge < -0.3 is 9.47 Å². The quantitative estimate of drug-likeness (QED) is 0.399. The van der Waals surface area contributed by atoms with Gasteiger partial charge in [0.2, 0.25) is 0 Å². The van der Waals surface area contributed by atoms with Gasteiger partial charge in [0.05, 0.1) is 0 Å². The number of hydrogen-bond donors (Lipinski definition) is 0.